The molecule has 0 N–H and O–H groups in total. The highest BCUT2D eigenvalue weighted by molar-refractivity contribution is 8.18. The molecule has 7 heteroatoms. The van der Waals surface area contributed by atoms with Gasteiger partial charge in [0, 0.05) is 28.7 Å². The number of benzene rings is 2. The van der Waals surface area contributed by atoms with Crippen LogP contribution in [0.1, 0.15) is 19.4 Å². The molecule has 31 heavy (non-hydrogen) atoms. The lowest BCUT2D eigenvalue weighted by Gasteiger charge is -2.16. The van der Waals surface area contributed by atoms with Crippen molar-refractivity contribution in [3.8, 4) is 11.5 Å². The predicted molar refractivity (Wildman–Crippen MR) is 123 cm³/mol. The third-order valence-electron chi connectivity index (χ3n) is 5.11. The third-order valence-corrected chi connectivity index (χ3v) is 5.99. The maximum atomic E-state index is 12.7. The quantitative estimate of drug-likeness (QED) is 0.478. The van der Waals surface area contributed by atoms with Crippen molar-refractivity contribution in [2.45, 2.75) is 26.4 Å². The highest BCUT2D eigenvalue weighted by Gasteiger charge is 2.36. The summed E-state index contributed by atoms with van der Waals surface area (Å²) in [7, 11) is 1.63. The molecule has 0 aliphatic carbocycles. The Bertz CT molecular complexity index is 1150. The number of hydrogen-bond acceptors (Lipinski definition) is 5. The average Bonchev–Trinajstić information content (AvgIpc) is 3.25. The van der Waals surface area contributed by atoms with Crippen LogP contribution in [0.25, 0.3) is 17.0 Å². The van der Waals surface area contributed by atoms with Gasteiger partial charge in [0.05, 0.1) is 18.6 Å². The Morgan fingerprint density at radius 2 is 1.74 bits per heavy atom. The summed E-state index contributed by atoms with van der Waals surface area (Å²) < 4.78 is 13.1. The summed E-state index contributed by atoms with van der Waals surface area (Å²) in [6.45, 7) is 4.82. The van der Waals surface area contributed by atoms with Crippen molar-refractivity contribution in [1.29, 1.82) is 0 Å². The number of thioether (sulfide) groups is 1. The molecule has 0 spiro atoms. The zero-order valence-electron chi connectivity index (χ0n) is 17.7. The zero-order chi connectivity index (χ0) is 22.0. The highest BCUT2D eigenvalue weighted by Crippen LogP contribution is 2.35. The molecule has 2 amide bonds. The summed E-state index contributed by atoms with van der Waals surface area (Å²) in [4.78, 5) is 26.6. The molecule has 2 heterocycles. The van der Waals surface area contributed by atoms with Crippen molar-refractivity contribution < 1.29 is 19.1 Å². The molecule has 1 fully saturated rings. The van der Waals surface area contributed by atoms with E-state index in [2.05, 4.69) is 4.57 Å². The van der Waals surface area contributed by atoms with Gasteiger partial charge < -0.3 is 14.0 Å². The van der Waals surface area contributed by atoms with Crippen LogP contribution in [-0.2, 0) is 11.3 Å². The van der Waals surface area contributed by atoms with Gasteiger partial charge in [0.1, 0.15) is 18.1 Å². The van der Waals surface area contributed by atoms with E-state index in [1.807, 2.05) is 74.7 Å². The number of aromatic nitrogens is 1. The Morgan fingerprint density at radius 1 is 1.03 bits per heavy atom. The summed E-state index contributed by atoms with van der Waals surface area (Å²) in [5.74, 6) is 1.33. The standard InChI is InChI=1S/C24H24N2O4S/c1-16(2)26-23(27)22(31-24(26)28)14-17-15-25(21-7-5-4-6-20(17)21)12-13-30-19-10-8-18(29-3)9-11-19/h4-11,14-16H,12-13H2,1-3H3/b22-14-. The van der Waals surface area contributed by atoms with Gasteiger partial charge in [-0.25, -0.2) is 0 Å². The van der Waals surface area contributed by atoms with E-state index in [-0.39, 0.29) is 17.2 Å². The van der Waals surface area contributed by atoms with Gasteiger partial charge in [-0.15, -0.1) is 0 Å². The van der Waals surface area contributed by atoms with Crippen molar-refractivity contribution in [2.24, 2.45) is 0 Å². The smallest absolute Gasteiger partial charge is 0.293 e. The molecule has 4 rings (SSSR count). The van der Waals surface area contributed by atoms with Crippen molar-refractivity contribution in [2.75, 3.05) is 13.7 Å². The minimum absolute atomic E-state index is 0.158. The normalized spacial score (nSPS) is 15.5. The summed E-state index contributed by atoms with van der Waals surface area (Å²) in [6, 6.07) is 15.3. The number of imide groups is 1. The molecule has 0 saturated carbocycles. The fraction of sp³-hybridized carbons (Fsp3) is 0.250. The Hall–Kier alpha value is -3.19. The zero-order valence-corrected chi connectivity index (χ0v) is 18.5. The predicted octanol–water partition coefficient (Wildman–Crippen LogP) is 5.17. The van der Waals surface area contributed by atoms with E-state index < -0.39 is 0 Å². The molecule has 6 nitrogen and oxygen atoms in total. The first kappa shape index (κ1) is 21.1. The van der Waals surface area contributed by atoms with Crippen LogP contribution < -0.4 is 9.47 Å². The van der Waals surface area contributed by atoms with Gasteiger partial charge >= 0.3 is 0 Å². The van der Waals surface area contributed by atoms with Crippen LogP contribution in [0.15, 0.2) is 59.6 Å². The maximum absolute atomic E-state index is 12.7. The molecule has 0 bridgehead atoms. The first-order chi connectivity index (χ1) is 15.0. The molecule has 160 valence electrons. The van der Waals surface area contributed by atoms with Crippen LogP contribution in [-0.4, -0.2) is 40.4 Å². The molecule has 3 aromatic rings. The second kappa shape index (κ2) is 8.89. The van der Waals surface area contributed by atoms with Gasteiger partial charge in [0.15, 0.2) is 0 Å². The monoisotopic (exact) mass is 436 g/mol. The van der Waals surface area contributed by atoms with Crippen LogP contribution in [0.4, 0.5) is 4.79 Å². The molecule has 1 aliphatic heterocycles. The van der Waals surface area contributed by atoms with Gasteiger partial charge in [0.25, 0.3) is 11.1 Å². The van der Waals surface area contributed by atoms with E-state index >= 15 is 0 Å². The number of hydrogen-bond donors (Lipinski definition) is 0. The largest absolute Gasteiger partial charge is 0.497 e. The molecule has 1 saturated heterocycles. The second-order valence-corrected chi connectivity index (χ2v) is 8.46. The number of amides is 2. The van der Waals surface area contributed by atoms with Crippen LogP contribution >= 0.6 is 11.8 Å². The molecule has 2 aromatic carbocycles. The van der Waals surface area contributed by atoms with E-state index in [9.17, 15) is 9.59 Å². The minimum atomic E-state index is -0.232. The second-order valence-electron chi connectivity index (χ2n) is 7.46. The molecule has 0 atom stereocenters. The fourth-order valence-electron chi connectivity index (χ4n) is 3.58. The van der Waals surface area contributed by atoms with Crippen LogP contribution in [0.3, 0.4) is 0 Å². The van der Waals surface area contributed by atoms with Crippen molar-refractivity contribution >= 4 is 39.9 Å². The third kappa shape index (κ3) is 4.32. The summed E-state index contributed by atoms with van der Waals surface area (Å²) >= 11 is 0.995. The van der Waals surface area contributed by atoms with Gasteiger partial charge in [0.2, 0.25) is 0 Å². The van der Waals surface area contributed by atoms with E-state index in [1.165, 1.54) is 4.90 Å². The summed E-state index contributed by atoms with van der Waals surface area (Å²) in [5, 5.41) is 0.811. The van der Waals surface area contributed by atoms with Crippen LogP contribution in [0.5, 0.6) is 11.5 Å². The molecular weight excluding hydrogens is 412 g/mol. The van der Waals surface area contributed by atoms with Gasteiger partial charge in [-0.1, -0.05) is 18.2 Å². The minimum Gasteiger partial charge on any atom is -0.497 e. The number of carbonyl (C=O) groups is 2. The lowest BCUT2D eigenvalue weighted by Crippen LogP contribution is -2.34. The SMILES string of the molecule is COc1ccc(OCCn2cc(/C=C3\SC(=O)N(C(C)C)C3=O)c3ccccc32)cc1. The van der Waals surface area contributed by atoms with Crippen LogP contribution in [0, 0.1) is 0 Å². The van der Waals surface area contributed by atoms with Crippen molar-refractivity contribution in [3.63, 3.8) is 0 Å². The number of ether oxygens (including phenoxy) is 2. The van der Waals surface area contributed by atoms with E-state index in [0.29, 0.717) is 18.1 Å². The number of carbonyl (C=O) groups excluding carboxylic acids is 2. The summed E-state index contributed by atoms with van der Waals surface area (Å²) in [5.41, 5.74) is 1.96. The first-order valence-electron chi connectivity index (χ1n) is 10.1. The number of fused-ring (bicyclic) bond motifs is 1. The number of para-hydroxylation sites is 1. The van der Waals surface area contributed by atoms with Gasteiger partial charge in [-0.05, 0) is 62.0 Å². The van der Waals surface area contributed by atoms with E-state index in [4.69, 9.17) is 9.47 Å². The lowest BCUT2D eigenvalue weighted by atomic mass is 10.1. The highest BCUT2D eigenvalue weighted by atomic mass is 32.2. The number of nitrogens with zero attached hydrogens (tertiary/aromatic N) is 2. The Labute approximate surface area is 185 Å². The molecule has 1 aliphatic rings. The van der Waals surface area contributed by atoms with E-state index in [0.717, 1.165) is 39.7 Å². The van der Waals surface area contributed by atoms with Crippen LogP contribution in [0.2, 0.25) is 0 Å². The molecular formula is C24H24N2O4S. The molecule has 0 unspecified atom stereocenters. The molecule has 0 radical (unpaired) electrons. The lowest BCUT2D eigenvalue weighted by molar-refractivity contribution is -0.123. The first-order valence-corrected chi connectivity index (χ1v) is 10.9. The van der Waals surface area contributed by atoms with Gasteiger partial charge in [-0.2, -0.15) is 0 Å². The van der Waals surface area contributed by atoms with Gasteiger partial charge in [-0.3, -0.25) is 14.5 Å². The van der Waals surface area contributed by atoms with Crippen molar-refractivity contribution in [3.05, 3.63) is 65.2 Å². The maximum Gasteiger partial charge on any atom is 0.293 e. The number of rotatable bonds is 7. The summed E-state index contributed by atoms with van der Waals surface area (Å²) in [6.07, 6.45) is 3.82. The topological polar surface area (TPSA) is 60.8 Å². The Kier molecular flexibility index (Phi) is 6.04. The van der Waals surface area contributed by atoms with E-state index in [1.54, 1.807) is 7.11 Å². The Morgan fingerprint density at radius 3 is 2.42 bits per heavy atom. The fourth-order valence-corrected chi connectivity index (χ4v) is 4.53. The Balaban J connectivity index is 1.55. The average molecular weight is 437 g/mol. The van der Waals surface area contributed by atoms with Crippen molar-refractivity contribution in [1.82, 2.24) is 9.47 Å². The number of methoxy groups -OCH3 is 1. The molecule has 1 aromatic heterocycles.